The van der Waals surface area contributed by atoms with E-state index in [-0.39, 0.29) is 11.8 Å². The maximum absolute atomic E-state index is 10.6. The molecule has 0 fully saturated rings. The van der Waals surface area contributed by atoms with Crippen molar-refractivity contribution in [1.82, 2.24) is 10.1 Å². The molecule has 1 heterocycles. The third-order valence-corrected chi connectivity index (χ3v) is 2.05. The second kappa shape index (κ2) is 3.38. The van der Waals surface area contributed by atoms with Crippen molar-refractivity contribution in [3.63, 3.8) is 0 Å². The van der Waals surface area contributed by atoms with E-state index in [1.807, 2.05) is 19.9 Å². The zero-order valence-corrected chi connectivity index (χ0v) is 7.20. The van der Waals surface area contributed by atoms with Crippen molar-refractivity contribution >= 4 is 0 Å². The number of allylic oxidation sites excluding steroid dienone is 1. The molecular weight excluding hydrogens is 156 g/mol. The van der Waals surface area contributed by atoms with Gasteiger partial charge in [0.15, 0.2) is 5.82 Å². The van der Waals surface area contributed by atoms with Crippen LogP contribution in [0.15, 0.2) is 22.0 Å². The van der Waals surface area contributed by atoms with Gasteiger partial charge in [0.05, 0.1) is 0 Å². The molecule has 0 aliphatic carbocycles. The van der Waals surface area contributed by atoms with Gasteiger partial charge < -0.3 is 0 Å². The molecule has 0 radical (unpaired) electrons. The maximum atomic E-state index is 10.6. The zero-order chi connectivity index (χ0) is 9.14. The van der Waals surface area contributed by atoms with Gasteiger partial charge in [-0.15, -0.1) is 6.58 Å². The van der Waals surface area contributed by atoms with E-state index >= 15 is 0 Å². The Balaban J connectivity index is 2.84. The van der Waals surface area contributed by atoms with Crippen molar-refractivity contribution in [2.45, 2.75) is 19.8 Å². The zero-order valence-electron chi connectivity index (χ0n) is 7.20. The van der Waals surface area contributed by atoms with E-state index in [1.54, 1.807) is 0 Å². The summed E-state index contributed by atoms with van der Waals surface area (Å²) >= 11 is 0. The number of nitrogens with zero attached hydrogens (tertiary/aromatic N) is 1. The highest BCUT2D eigenvalue weighted by atomic mass is 16.5. The van der Waals surface area contributed by atoms with Gasteiger partial charge in [-0.25, -0.2) is 4.79 Å². The summed E-state index contributed by atoms with van der Waals surface area (Å²) in [6.45, 7) is 7.63. The SMILES string of the molecule is C=CC(C)C(C)c1noc(=O)[nH]1. The Hall–Kier alpha value is -1.32. The molecule has 12 heavy (non-hydrogen) atoms. The summed E-state index contributed by atoms with van der Waals surface area (Å²) in [5, 5.41) is 3.59. The fraction of sp³-hybridized carbons (Fsp3) is 0.500. The Morgan fingerprint density at radius 2 is 2.33 bits per heavy atom. The lowest BCUT2D eigenvalue weighted by Gasteiger charge is -2.11. The van der Waals surface area contributed by atoms with Crippen molar-refractivity contribution in [2.24, 2.45) is 5.92 Å². The van der Waals surface area contributed by atoms with E-state index in [9.17, 15) is 4.79 Å². The third-order valence-electron chi connectivity index (χ3n) is 2.05. The lowest BCUT2D eigenvalue weighted by Crippen LogP contribution is -2.07. The minimum atomic E-state index is -0.506. The lowest BCUT2D eigenvalue weighted by atomic mass is 9.96. The molecule has 2 atom stereocenters. The Bertz CT molecular complexity index is 313. The molecule has 0 amide bonds. The van der Waals surface area contributed by atoms with E-state index in [0.29, 0.717) is 5.82 Å². The number of aromatic nitrogens is 2. The smallest absolute Gasteiger partial charge is 0.296 e. The number of hydrogen-bond donors (Lipinski definition) is 1. The quantitative estimate of drug-likeness (QED) is 0.692. The first-order chi connectivity index (χ1) is 5.65. The monoisotopic (exact) mass is 168 g/mol. The van der Waals surface area contributed by atoms with Crippen LogP contribution in [0.1, 0.15) is 25.6 Å². The van der Waals surface area contributed by atoms with E-state index in [2.05, 4.69) is 21.2 Å². The fourth-order valence-electron chi connectivity index (χ4n) is 0.891. The standard InChI is InChI=1S/C8H12N2O2/c1-4-5(2)6(3)7-9-8(11)12-10-7/h4-6H,1H2,2-3H3,(H,9,10,11). The van der Waals surface area contributed by atoms with Crippen molar-refractivity contribution < 1.29 is 4.52 Å². The van der Waals surface area contributed by atoms with Gasteiger partial charge in [0.25, 0.3) is 0 Å². The van der Waals surface area contributed by atoms with E-state index in [0.717, 1.165) is 0 Å². The average molecular weight is 168 g/mol. The Labute approximate surface area is 70.3 Å². The molecule has 4 heteroatoms. The molecule has 1 rings (SSSR count). The first kappa shape index (κ1) is 8.77. The number of nitrogens with one attached hydrogen (secondary N) is 1. The van der Waals surface area contributed by atoms with Gasteiger partial charge in [-0.1, -0.05) is 25.1 Å². The molecule has 66 valence electrons. The molecule has 4 nitrogen and oxygen atoms in total. The van der Waals surface area contributed by atoms with Crippen LogP contribution >= 0.6 is 0 Å². The van der Waals surface area contributed by atoms with Crippen LogP contribution in [-0.2, 0) is 0 Å². The summed E-state index contributed by atoms with van der Waals surface area (Å²) in [6.07, 6.45) is 1.82. The summed E-state index contributed by atoms with van der Waals surface area (Å²) in [7, 11) is 0. The van der Waals surface area contributed by atoms with Crippen molar-refractivity contribution in [3.05, 3.63) is 29.0 Å². The summed E-state index contributed by atoms with van der Waals surface area (Å²) in [6, 6.07) is 0. The minimum absolute atomic E-state index is 0.133. The van der Waals surface area contributed by atoms with Crippen LogP contribution in [-0.4, -0.2) is 10.1 Å². The van der Waals surface area contributed by atoms with Crippen molar-refractivity contribution in [2.75, 3.05) is 0 Å². The molecule has 0 saturated carbocycles. The molecule has 1 aromatic heterocycles. The number of rotatable bonds is 3. The van der Waals surface area contributed by atoms with E-state index < -0.39 is 5.76 Å². The van der Waals surface area contributed by atoms with Gasteiger partial charge in [-0.2, -0.15) is 0 Å². The van der Waals surface area contributed by atoms with Gasteiger partial charge in [0, 0.05) is 5.92 Å². The summed E-state index contributed by atoms with van der Waals surface area (Å²) in [5.41, 5.74) is 0. The fourth-order valence-corrected chi connectivity index (χ4v) is 0.891. The maximum Gasteiger partial charge on any atom is 0.438 e. The number of hydrogen-bond acceptors (Lipinski definition) is 3. The van der Waals surface area contributed by atoms with E-state index in [4.69, 9.17) is 0 Å². The van der Waals surface area contributed by atoms with Crippen LogP contribution in [0, 0.1) is 5.92 Å². The second-order valence-electron chi connectivity index (χ2n) is 2.86. The first-order valence-electron chi connectivity index (χ1n) is 3.83. The van der Waals surface area contributed by atoms with Gasteiger partial charge in [0.2, 0.25) is 0 Å². The molecule has 0 bridgehead atoms. The first-order valence-corrected chi connectivity index (χ1v) is 3.83. The summed E-state index contributed by atoms with van der Waals surface area (Å²) in [5.74, 6) is 0.472. The van der Waals surface area contributed by atoms with Crippen LogP contribution in [0.2, 0.25) is 0 Å². The van der Waals surface area contributed by atoms with Gasteiger partial charge in [-0.3, -0.25) is 9.51 Å². The predicted molar refractivity (Wildman–Crippen MR) is 44.9 cm³/mol. The highest BCUT2D eigenvalue weighted by Crippen LogP contribution is 2.20. The topological polar surface area (TPSA) is 58.9 Å². The van der Waals surface area contributed by atoms with Crippen LogP contribution in [0.4, 0.5) is 0 Å². The van der Waals surface area contributed by atoms with Crippen molar-refractivity contribution in [3.8, 4) is 0 Å². The molecule has 0 aromatic carbocycles. The minimum Gasteiger partial charge on any atom is -0.296 e. The molecular formula is C8H12N2O2. The number of aromatic amines is 1. The van der Waals surface area contributed by atoms with Crippen LogP contribution < -0.4 is 5.76 Å². The van der Waals surface area contributed by atoms with Crippen LogP contribution in [0.25, 0.3) is 0 Å². The molecule has 2 unspecified atom stereocenters. The highest BCUT2D eigenvalue weighted by molar-refractivity contribution is 4.97. The highest BCUT2D eigenvalue weighted by Gasteiger charge is 2.15. The second-order valence-corrected chi connectivity index (χ2v) is 2.86. The Morgan fingerprint density at radius 3 is 2.75 bits per heavy atom. The summed E-state index contributed by atoms with van der Waals surface area (Å²) < 4.78 is 4.38. The number of H-pyrrole nitrogens is 1. The normalized spacial score (nSPS) is 15.5. The average Bonchev–Trinajstić information content (AvgIpc) is 2.49. The molecule has 0 aliphatic rings. The van der Waals surface area contributed by atoms with Gasteiger partial charge >= 0.3 is 5.76 Å². The van der Waals surface area contributed by atoms with Gasteiger partial charge in [0.1, 0.15) is 0 Å². The van der Waals surface area contributed by atoms with Crippen molar-refractivity contribution in [1.29, 1.82) is 0 Å². The molecule has 0 spiro atoms. The molecule has 0 aliphatic heterocycles. The lowest BCUT2D eigenvalue weighted by molar-refractivity contribution is 0.374. The summed E-state index contributed by atoms with van der Waals surface area (Å²) in [4.78, 5) is 13.1. The Kier molecular flexibility index (Phi) is 2.47. The van der Waals surface area contributed by atoms with E-state index in [1.165, 1.54) is 0 Å². The third kappa shape index (κ3) is 1.64. The van der Waals surface area contributed by atoms with Crippen LogP contribution in [0.5, 0.6) is 0 Å². The molecule has 1 N–H and O–H groups in total. The van der Waals surface area contributed by atoms with Crippen LogP contribution in [0.3, 0.4) is 0 Å². The molecule has 0 saturated heterocycles. The predicted octanol–water partition coefficient (Wildman–Crippen LogP) is 1.29. The van der Waals surface area contributed by atoms with Gasteiger partial charge in [-0.05, 0) is 5.92 Å². The molecule has 1 aromatic rings. The Morgan fingerprint density at radius 1 is 1.67 bits per heavy atom. The largest absolute Gasteiger partial charge is 0.438 e.